The highest BCUT2D eigenvalue weighted by Crippen LogP contribution is 2.23. The number of hydrogen-bond acceptors (Lipinski definition) is 2. The van der Waals surface area contributed by atoms with Gasteiger partial charge in [0.15, 0.2) is 0 Å². The second kappa shape index (κ2) is 8.56. The first-order chi connectivity index (χ1) is 12.5. The molecule has 136 valence electrons. The van der Waals surface area contributed by atoms with Crippen LogP contribution in [0.4, 0.5) is 5.69 Å². The summed E-state index contributed by atoms with van der Waals surface area (Å²) in [5, 5.41) is 6.59. The summed E-state index contributed by atoms with van der Waals surface area (Å²) in [5.41, 5.74) is 1.39. The highest BCUT2D eigenvalue weighted by Gasteiger charge is 2.17. The van der Waals surface area contributed by atoms with Gasteiger partial charge in [-0.25, -0.2) is 0 Å². The van der Waals surface area contributed by atoms with Crippen LogP contribution in [0.15, 0.2) is 42.5 Å². The van der Waals surface area contributed by atoms with Crippen molar-refractivity contribution in [3.05, 3.63) is 63.6 Å². The zero-order valence-corrected chi connectivity index (χ0v) is 15.7. The molecule has 26 heavy (non-hydrogen) atoms. The number of carbonyl (C=O) groups excluding carboxylic acids is 2. The van der Waals surface area contributed by atoms with E-state index in [0.717, 1.165) is 25.7 Å². The molecule has 0 aliphatic heterocycles. The van der Waals surface area contributed by atoms with Crippen LogP contribution < -0.4 is 10.6 Å². The maximum Gasteiger partial charge on any atom is 0.257 e. The van der Waals surface area contributed by atoms with Gasteiger partial charge >= 0.3 is 0 Å². The lowest BCUT2D eigenvalue weighted by atomic mass is 9.95. The van der Waals surface area contributed by atoms with Crippen LogP contribution in [0.1, 0.15) is 52.8 Å². The van der Waals surface area contributed by atoms with Crippen LogP contribution in [0.3, 0.4) is 0 Å². The Morgan fingerprint density at radius 2 is 1.69 bits per heavy atom. The van der Waals surface area contributed by atoms with Gasteiger partial charge in [0.2, 0.25) is 0 Å². The summed E-state index contributed by atoms with van der Waals surface area (Å²) in [6, 6.07) is 11.8. The molecule has 3 rings (SSSR count). The molecule has 2 aromatic carbocycles. The van der Waals surface area contributed by atoms with Crippen LogP contribution in [0.25, 0.3) is 0 Å². The number of amides is 2. The molecule has 6 heteroatoms. The SMILES string of the molecule is O=C(NC1CCCCC1)c1cccc(NC(=O)c2ccc(Cl)cc2Cl)c1. The second-order valence-electron chi connectivity index (χ2n) is 6.47. The van der Waals surface area contributed by atoms with Crippen LogP contribution >= 0.6 is 23.2 Å². The monoisotopic (exact) mass is 390 g/mol. The first-order valence-corrected chi connectivity index (χ1v) is 9.46. The molecule has 0 bridgehead atoms. The first kappa shape index (κ1) is 18.7. The molecule has 0 atom stereocenters. The Morgan fingerprint density at radius 3 is 2.42 bits per heavy atom. The number of carbonyl (C=O) groups is 2. The fourth-order valence-corrected chi connectivity index (χ4v) is 3.62. The van der Waals surface area contributed by atoms with Gasteiger partial charge < -0.3 is 10.6 Å². The average molecular weight is 391 g/mol. The van der Waals surface area contributed by atoms with Gasteiger partial charge in [-0.05, 0) is 49.2 Å². The first-order valence-electron chi connectivity index (χ1n) is 8.70. The Kier molecular flexibility index (Phi) is 6.17. The summed E-state index contributed by atoms with van der Waals surface area (Å²) >= 11 is 11.9. The second-order valence-corrected chi connectivity index (χ2v) is 7.31. The number of benzene rings is 2. The van der Waals surface area contributed by atoms with Crippen molar-refractivity contribution in [1.29, 1.82) is 0 Å². The maximum absolute atomic E-state index is 12.5. The molecule has 0 spiro atoms. The number of nitrogens with one attached hydrogen (secondary N) is 2. The van der Waals surface area contributed by atoms with E-state index in [0.29, 0.717) is 21.8 Å². The molecule has 2 amide bonds. The zero-order chi connectivity index (χ0) is 18.5. The van der Waals surface area contributed by atoms with E-state index in [1.165, 1.54) is 12.5 Å². The normalized spacial score (nSPS) is 14.7. The van der Waals surface area contributed by atoms with Crippen molar-refractivity contribution in [2.24, 2.45) is 0 Å². The molecular formula is C20H20Cl2N2O2. The van der Waals surface area contributed by atoms with Crippen molar-refractivity contribution in [1.82, 2.24) is 5.32 Å². The third-order valence-corrected chi connectivity index (χ3v) is 5.05. The van der Waals surface area contributed by atoms with Gasteiger partial charge in [-0.3, -0.25) is 9.59 Å². The minimum atomic E-state index is -0.350. The molecule has 1 saturated carbocycles. The largest absolute Gasteiger partial charge is 0.349 e. The third-order valence-electron chi connectivity index (χ3n) is 4.50. The van der Waals surface area contributed by atoms with Gasteiger partial charge in [-0.1, -0.05) is 48.5 Å². The van der Waals surface area contributed by atoms with Crippen LogP contribution in [0.2, 0.25) is 10.0 Å². The van der Waals surface area contributed by atoms with Gasteiger partial charge in [-0.2, -0.15) is 0 Å². The summed E-state index contributed by atoms with van der Waals surface area (Å²) in [4.78, 5) is 24.9. The molecule has 0 aromatic heterocycles. The predicted molar refractivity (Wildman–Crippen MR) is 105 cm³/mol. The van der Waals surface area contributed by atoms with Crippen molar-refractivity contribution in [2.75, 3.05) is 5.32 Å². The van der Waals surface area contributed by atoms with Gasteiger partial charge in [0.1, 0.15) is 0 Å². The highest BCUT2D eigenvalue weighted by atomic mass is 35.5. The van der Waals surface area contributed by atoms with Gasteiger partial charge in [0, 0.05) is 22.3 Å². The van der Waals surface area contributed by atoms with Crippen LogP contribution in [-0.4, -0.2) is 17.9 Å². The van der Waals surface area contributed by atoms with E-state index >= 15 is 0 Å². The van der Waals surface area contributed by atoms with E-state index in [4.69, 9.17) is 23.2 Å². The molecule has 2 N–H and O–H groups in total. The molecule has 0 radical (unpaired) electrons. The van der Waals surface area contributed by atoms with Crippen molar-refractivity contribution in [3.63, 3.8) is 0 Å². The fourth-order valence-electron chi connectivity index (χ4n) is 3.13. The lowest BCUT2D eigenvalue weighted by Gasteiger charge is -2.22. The molecule has 4 nitrogen and oxygen atoms in total. The van der Waals surface area contributed by atoms with Crippen LogP contribution in [0, 0.1) is 0 Å². The Bertz CT molecular complexity index is 817. The van der Waals surface area contributed by atoms with E-state index in [-0.39, 0.29) is 22.9 Å². The molecule has 1 aliphatic rings. The van der Waals surface area contributed by atoms with Gasteiger partial charge in [-0.15, -0.1) is 0 Å². The third kappa shape index (κ3) is 4.77. The molecule has 0 heterocycles. The molecule has 1 aliphatic carbocycles. The van der Waals surface area contributed by atoms with Crippen LogP contribution in [-0.2, 0) is 0 Å². The molecule has 1 fully saturated rings. The Balaban J connectivity index is 1.68. The van der Waals surface area contributed by atoms with Crippen molar-refractivity contribution in [3.8, 4) is 0 Å². The van der Waals surface area contributed by atoms with E-state index in [9.17, 15) is 9.59 Å². The topological polar surface area (TPSA) is 58.2 Å². The van der Waals surface area contributed by atoms with E-state index in [2.05, 4.69) is 10.6 Å². The number of rotatable bonds is 4. The lowest BCUT2D eigenvalue weighted by Crippen LogP contribution is -2.36. The smallest absolute Gasteiger partial charge is 0.257 e. The summed E-state index contributed by atoms with van der Waals surface area (Å²) in [6.45, 7) is 0. The number of hydrogen-bond donors (Lipinski definition) is 2. The minimum absolute atomic E-state index is 0.113. The van der Waals surface area contributed by atoms with Gasteiger partial charge in [0.05, 0.1) is 10.6 Å². The van der Waals surface area contributed by atoms with Crippen LogP contribution in [0.5, 0.6) is 0 Å². The van der Waals surface area contributed by atoms with E-state index in [1.807, 2.05) is 0 Å². The Labute approximate surface area is 162 Å². The Morgan fingerprint density at radius 1 is 0.923 bits per heavy atom. The molecule has 2 aromatic rings. The summed E-state index contributed by atoms with van der Waals surface area (Å²) in [5.74, 6) is -0.464. The van der Waals surface area contributed by atoms with Crippen molar-refractivity contribution >= 4 is 40.7 Å². The lowest BCUT2D eigenvalue weighted by molar-refractivity contribution is 0.0926. The van der Waals surface area contributed by atoms with Gasteiger partial charge in [0.25, 0.3) is 11.8 Å². The highest BCUT2D eigenvalue weighted by molar-refractivity contribution is 6.37. The summed E-state index contributed by atoms with van der Waals surface area (Å²) in [6.07, 6.45) is 5.60. The number of halogens is 2. The standard InChI is InChI=1S/C20H20Cl2N2O2/c21-14-9-10-17(18(22)12-14)20(26)24-16-8-4-5-13(11-16)19(25)23-15-6-2-1-3-7-15/h4-5,8-12,15H,1-3,6-7H2,(H,23,25)(H,24,26). The minimum Gasteiger partial charge on any atom is -0.349 e. The molecular weight excluding hydrogens is 371 g/mol. The summed E-state index contributed by atoms with van der Waals surface area (Å²) < 4.78 is 0. The van der Waals surface area contributed by atoms with Crippen molar-refractivity contribution < 1.29 is 9.59 Å². The predicted octanol–water partition coefficient (Wildman–Crippen LogP) is 5.31. The van der Waals surface area contributed by atoms with E-state index in [1.54, 1.807) is 36.4 Å². The quantitative estimate of drug-likeness (QED) is 0.742. The molecule has 0 saturated heterocycles. The Hall–Kier alpha value is -2.04. The van der Waals surface area contributed by atoms with Crippen molar-refractivity contribution in [2.45, 2.75) is 38.1 Å². The average Bonchev–Trinajstić information content (AvgIpc) is 2.62. The summed E-state index contributed by atoms with van der Waals surface area (Å²) in [7, 11) is 0. The zero-order valence-electron chi connectivity index (χ0n) is 14.2. The number of anilines is 1. The molecule has 0 unspecified atom stereocenters. The van der Waals surface area contributed by atoms with E-state index < -0.39 is 0 Å². The fraction of sp³-hybridized carbons (Fsp3) is 0.300. The maximum atomic E-state index is 12.5.